The molecule has 0 aliphatic carbocycles. The van der Waals surface area contributed by atoms with Crippen LogP contribution in [0.5, 0.6) is 11.5 Å². The van der Waals surface area contributed by atoms with Crippen molar-refractivity contribution in [3.63, 3.8) is 0 Å². The second-order valence-electron chi connectivity index (χ2n) is 37.6. The van der Waals surface area contributed by atoms with Crippen LogP contribution in [-0.2, 0) is 120 Å². The Morgan fingerprint density at radius 2 is 0.716 bits per heavy atom. The Morgan fingerprint density at radius 3 is 1.10 bits per heavy atom. The minimum Gasteiger partial charge on any atom is -0.508 e. The third-order valence-corrected chi connectivity index (χ3v) is 26.3. The first-order valence-electron chi connectivity index (χ1n) is 49.3. The molecule has 3 aliphatic heterocycles. The summed E-state index contributed by atoms with van der Waals surface area (Å²) in [6.07, 6.45) is 5.46. The number of unbranched alkanes of at least 4 members (excludes halogenated alkanes) is 1. The third-order valence-electron chi connectivity index (χ3n) is 26.3. The Balaban J connectivity index is 0.755. The van der Waals surface area contributed by atoms with E-state index in [1.165, 1.54) is 53.4 Å². The number of hydrogen-bond donors (Lipinski definition) is 27. The lowest BCUT2D eigenvalue weighted by atomic mass is 10.00. The Labute approximate surface area is 849 Å². The number of aliphatic hydroxyl groups is 2. The van der Waals surface area contributed by atoms with Crippen molar-refractivity contribution in [2.45, 2.75) is 214 Å². The first-order chi connectivity index (χ1) is 71.1. The van der Waals surface area contributed by atoms with Crippen LogP contribution >= 0.6 is 0 Å². The van der Waals surface area contributed by atoms with Gasteiger partial charge >= 0.3 is 0 Å². The third kappa shape index (κ3) is 29.8. The van der Waals surface area contributed by atoms with E-state index in [2.05, 4.69) is 105 Å². The smallest absolute Gasteiger partial charge is 0.245 e. The van der Waals surface area contributed by atoms with E-state index in [0.717, 1.165) is 10.9 Å². The topological polar surface area (TPSA) is 706 Å². The lowest BCUT2D eigenvalue weighted by Crippen LogP contribution is -2.61. The van der Waals surface area contributed by atoms with Gasteiger partial charge in [-0.1, -0.05) is 111 Å². The number of H-pyrrole nitrogens is 4. The zero-order valence-electron chi connectivity index (χ0n) is 81.6. The standard InChI is InChI=1S/C103H126N24O21/c1-55(2)41-76(93(139)117-75(24-13-39-108-103(105)106)102(148)127-40-14-25-85(127)101(147)113-52-86(104)132)118-90(136)72(116-94(140)78(43-57-28-32-63(131)33-29-57)120-100(146)84(54-129)126-98(144)82(47-61-51-112-71-22-10-6-18-67(61)71)124-96(142)80(122-92(138)74-35-37-88(134)115-74)45-59-49-110-69-20-8-4-16-65(59)69)23-11-12-38-107-89(135)77(42-56-26-30-62(130)31-27-56)119-99(145)83(53-128)125-97(143)81(46-60-50-111-70-21-9-5-17-66(60)70)123-95(141)79(121-91(137)73-34-36-87(133)114-73)44-58-48-109-68-19-7-3-15-64(58)68/h3-10,15-22,26-33,48-51,55,72-85,109-112,128-131H,11-14,23-25,34-47,52-54H2,1-2H3,(H2,104,132)(H,107,135)(H,113,147)(H,114,133)(H,115,134)(H,116,140)(H,117,139)(H,118,136)(H,119,145)(H,120,146)(H,121,137)(H,122,138)(H,123,141)(H,124,142)(H,125,143)(H,126,144)(H4,105,106,108)/t72-,73+,74+,75+,76+,77+,78+,79-,80-,81-,82-,83+,84+,85+/m1/s1. The van der Waals surface area contributed by atoms with Crippen LogP contribution < -0.4 is 96.5 Å². The molecule has 4 aromatic heterocycles. The van der Waals surface area contributed by atoms with Crippen LogP contribution in [0.15, 0.2) is 170 Å². The van der Waals surface area contributed by atoms with Crippen molar-refractivity contribution < 1.29 is 102 Å². The number of aromatic hydroxyl groups is 2. The molecule has 0 unspecified atom stereocenters. The molecule has 148 heavy (non-hydrogen) atoms. The predicted octanol–water partition coefficient (Wildman–Crippen LogP) is -1.16. The predicted molar refractivity (Wildman–Crippen MR) is 542 cm³/mol. The number of nitrogens with zero attached hydrogens (tertiary/aromatic N) is 1. The van der Waals surface area contributed by atoms with Gasteiger partial charge in [-0.25, -0.2) is 0 Å². The molecule has 17 amide bonds. The Morgan fingerprint density at radius 1 is 0.378 bits per heavy atom. The van der Waals surface area contributed by atoms with Gasteiger partial charge in [-0.2, -0.15) is 0 Å². The molecule has 14 atom stereocenters. The number of phenols is 2. The quantitative estimate of drug-likeness (QED) is 0.0121. The number of para-hydroxylation sites is 4. The average Bonchev–Trinajstić information content (AvgIpc) is 1.67. The normalized spacial score (nSPS) is 16.6. The van der Waals surface area contributed by atoms with E-state index in [-0.39, 0.29) is 146 Å². The van der Waals surface area contributed by atoms with E-state index in [4.69, 9.17) is 16.9 Å². The number of aliphatic hydroxyl groups excluding tert-OH is 2. The average molecular weight is 2040 g/mol. The van der Waals surface area contributed by atoms with Crippen molar-refractivity contribution in [3.05, 3.63) is 204 Å². The summed E-state index contributed by atoms with van der Waals surface area (Å²) < 4.78 is 0. The molecular weight excluding hydrogens is 1910 g/mol. The van der Waals surface area contributed by atoms with Crippen LogP contribution in [0.25, 0.3) is 43.6 Å². The van der Waals surface area contributed by atoms with Crippen LogP contribution in [0.3, 0.4) is 0 Å². The van der Waals surface area contributed by atoms with E-state index in [1.807, 2.05) is 30.3 Å². The maximum atomic E-state index is 15.6. The van der Waals surface area contributed by atoms with Crippen molar-refractivity contribution in [3.8, 4) is 11.5 Å². The van der Waals surface area contributed by atoms with Gasteiger partial charge in [0.15, 0.2) is 5.96 Å². The summed E-state index contributed by atoms with van der Waals surface area (Å²) in [4.78, 5) is 258. The highest BCUT2D eigenvalue weighted by atomic mass is 16.3. The number of likely N-dealkylation sites (tertiary alicyclic amines) is 1. The summed E-state index contributed by atoms with van der Waals surface area (Å²) in [5.41, 5.74) is 16.6. The highest BCUT2D eigenvalue weighted by Crippen LogP contribution is 2.28. The number of hydrogen-bond acceptors (Lipinski definition) is 22. The van der Waals surface area contributed by atoms with Gasteiger partial charge in [-0.3, -0.25) is 86.9 Å². The summed E-state index contributed by atoms with van der Waals surface area (Å²) in [5.74, 6) is -15.4. The Bertz CT molecular complexity index is 6500. The second kappa shape index (κ2) is 51.7. The van der Waals surface area contributed by atoms with Gasteiger partial charge in [0, 0.05) is 139 Å². The number of nitrogens with one attached hydrogen (secondary N) is 21. The molecule has 6 aromatic carbocycles. The van der Waals surface area contributed by atoms with Gasteiger partial charge in [-0.15, -0.1) is 0 Å². The van der Waals surface area contributed by atoms with Crippen molar-refractivity contribution in [1.29, 1.82) is 5.41 Å². The molecule has 0 saturated carbocycles. The minimum atomic E-state index is -1.94. The van der Waals surface area contributed by atoms with Crippen molar-refractivity contribution in [1.82, 2.24) is 110 Å². The number of aromatic nitrogens is 4. The molecule has 45 heteroatoms. The molecule has 0 radical (unpaired) electrons. The molecule has 784 valence electrons. The lowest BCUT2D eigenvalue weighted by molar-refractivity contribution is -0.142. The molecule has 3 fully saturated rings. The summed E-state index contributed by atoms with van der Waals surface area (Å²) >= 11 is 0. The Kier molecular flexibility index (Phi) is 37.9. The molecular formula is C103H126N24O21. The number of aromatic amines is 4. The number of rotatable bonds is 52. The van der Waals surface area contributed by atoms with Crippen LogP contribution in [0, 0.1) is 11.3 Å². The Hall–Kier alpha value is -16.7. The van der Waals surface area contributed by atoms with E-state index in [1.54, 1.807) is 105 Å². The number of fused-ring (bicyclic) bond motifs is 4. The summed E-state index contributed by atoms with van der Waals surface area (Å²) in [6, 6.07) is 19.0. The monoisotopic (exact) mass is 2030 g/mol. The summed E-state index contributed by atoms with van der Waals surface area (Å²) in [6.45, 7) is 0.555. The van der Waals surface area contributed by atoms with Gasteiger partial charge in [0.25, 0.3) is 0 Å². The van der Waals surface area contributed by atoms with Crippen LogP contribution in [0.1, 0.15) is 124 Å². The number of guanidine groups is 1. The van der Waals surface area contributed by atoms with Crippen molar-refractivity contribution in [2.75, 3.05) is 39.4 Å². The number of primary amides is 1. The lowest BCUT2D eigenvalue weighted by Gasteiger charge is -2.31. The summed E-state index contributed by atoms with van der Waals surface area (Å²) in [5, 5.41) is 96.5. The van der Waals surface area contributed by atoms with E-state index < -0.39 is 211 Å². The second-order valence-corrected chi connectivity index (χ2v) is 37.6. The molecule has 7 heterocycles. The fourth-order valence-corrected chi connectivity index (χ4v) is 18.4. The van der Waals surface area contributed by atoms with Gasteiger partial charge in [-0.05, 0) is 152 Å². The summed E-state index contributed by atoms with van der Waals surface area (Å²) in [7, 11) is 0. The largest absolute Gasteiger partial charge is 0.508 e. The van der Waals surface area contributed by atoms with Crippen molar-refractivity contribution >= 4 is 150 Å². The van der Waals surface area contributed by atoms with Crippen LogP contribution in [0.4, 0.5) is 0 Å². The van der Waals surface area contributed by atoms with Crippen LogP contribution in [0.2, 0.25) is 0 Å². The molecule has 45 nitrogen and oxygen atoms in total. The molecule has 0 bridgehead atoms. The molecule has 3 aliphatic rings. The van der Waals surface area contributed by atoms with Gasteiger partial charge < -0.3 is 142 Å². The van der Waals surface area contributed by atoms with E-state index in [9.17, 15) is 68.4 Å². The fourth-order valence-electron chi connectivity index (χ4n) is 18.4. The molecule has 13 rings (SSSR count). The molecule has 3 saturated heterocycles. The first-order valence-corrected chi connectivity index (χ1v) is 49.3. The van der Waals surface area contributed by atoms with Gasteiger partial charge in [0.2, 0.25) is 100 Å². The highest BCUT2D eigenvalue weighted by molar-refractivity contribution is 6.03. The number of benzene rings is 6. The molecule has 29 N–H and O–H groups in total. The zero-order valence-corrected chi connectivity index (χ0v) is 81.6. The maximum absolute atomic E-state index is 15.6. The highest BCUT2D eigenvalue weighted by Gasteiger charge is 2.43. The minimum absolute atomic E-state index is 0.0450. The fraction of sp³-hybridized carbons (Fsp3) is 0.398. The van der Waals surface area contributed by atoms with Gasteiger partial charge in [0.1, 0.15) is 96.1 Å². The number of carbonyl (C=O) groups excluding carboxylic acids is 17. The maximum Gasteiger partial charge on any atom is 0.245 e. The number of carbonyl (C=O) groups is 17. The first kappa shape index (κ1) is 109. The number of nitrogens with two attached hydrogens (primary N) is 2. The molecule has 0 spiro atoms. The zero-order chi connectivity index (χ0) is 106. The van der Waals surface area contributed by atoms with E-state index >= 15 is 33.6 Å². The van der Waals surface area contributed by atoms with Gasteiger partial charge in [0.05, 0.1) is 19.8 Å². The molecule has 10 aromatic rings. The SMILES string of the molecule is CC(C)C[C@H](NC(=O)[C@@H](CCCCNC(=O)[C@H](Cc1ccc(O)cc1)NC(=O)[C@H](CO)NC(=O)[C@@H](Cc1c[nH]c2ccccc12)NC(=O)[C@@H](Cc1c[nH]c2ccccc12)NC(=O)[C@@H]1CCC(=O)N1)NC(=O)[C@H](Cc1ccc(O)cc1)NC(=O)[C@H](CO)NC(=O)[C@@H](Cc1c[nH]c2ccccc12)NC(=O)[C@@H](Cc1c[nH]c2ccccc12)NC(=O)[C@@H]1CCC(=O)N1)C(=O)N[C@@H](CCCNC(=N)N)C(=O)N1CCC[C@H]1C(=O)NCC(N)=O. The number of amides is 17. The van der Waals surface area contributed by atoms with Crippen molar-refractivity contribution in [2.24, 2.45) is 17.4 Å². The number of phenolic OH excluding ortho intramolecular Hbond substituents is 2. The van der Waals surface area contributed by atoms with Crippen LogP contribution in [-0.4, -0.2) is 276 Å². The van der Waals surface area contributed by atoms with E-state index in [0.29, 0.717) is 72.5 Å².